The van der Waals surface area contributed by atoms with Crippen LogP contribution in [0.2, 0.25) is 0 Å². The van der Waals surface area contributed by atoms with E-state index in [9.17, 15) is 9.59 Å². The van der Waals surface area contributed by atoms with Gasteiger partial charge >= 0.3 is 5.97 Å². The standard InChI is InChI=1S/C17H20N2O3/c1-17(2,3)15(19-9-13(10-19)16(21)22)14(20)12-6-4-11(8-18)5-7-12/h4-7,13,15H,9-10H2,1-3H3,(H,21,22). The van der Waals surface area contributed by atoms with Crippen LogP contribution in [-0.4, -0.2) is 40.9 Å². The smallest absolute Gasteiger partial charge is 0.309 e. The van der Waals surface area contributed by atoms with E-state index in [4.69, 9.17) is 10.4 Å². The molecule has 1 fully saturated rings. The SMILES string of the molecule is CC(C)(C)C(C(=O)c1ccc(C#N)cc1)N1CC(C(=O)O)C1. The Hall–Kier alpha value is -2.19. The van der Waals surface area contributed by atoms with Crippen molar-refractivity contribution in [1.29, 1.82) is 5.26 Å². The normalized spacial score (nSPS) is 17.4. The summed E-state index contributed by atoms with van der Waals surface area (Å²) in [6, 6.07) is 8.24. The number of carbonyl (C=O) groups is 2. The molecule has 0 radical (unpaired) electrons. The lowest BCUT2D eigenvalue weighted by atomic mass is 9.78. The molecule has 0 aliphatic carbocycles. The molecular formula is C17H20N2O3. The highest BCUT2D eigenvalue weighted by molar-refractivity contribution is 6.00. The molecule has 0 bridgehead atoms. The second-order valence-electron chi connectivity index (χ2n) is 6.81. The number of likely N-dealkylation sites (tertiary alicyclic amines) is 1. The number of benzene rings is 1. The monoisotopic (exact) mass is 300 g/mol. The molecule has 0 amide bonds. The molecule has 1 aliphatic heterocycles. The number of hydrogen-bond donors (Lipinski definition) is 1. The molecule has 1 N–H and O–H groups in total. The van der Waals surface area contributed by atoms with E-state index in [1.165, 1.54) is 0 Å². The van der Waals surface area contributed by atoms with E-state index in [1.54, 1.807) is 24.3 Å². The van der Waals surface area contributed by atoms with Crippen LogP contribution in [0.4, 0.5) is 0 Å². The van der Waals surface area contributed by atoms with Gasteiger partial charge in [-0.1, -0.05) is 32.9 Å². The molecule has 116 valence electrons. The Kier molecular flexibility index (Phi) is 4.34. The van der Waals surface area contributed by atoms with Gasteiger partial charge in [0, 0.05) is 18.7 Å². The van der Waals surface area contributed by atoms with Crippen LogP contribution in [0.15, 0.2) is 24.3 Å². The van der Waals surface area contributed by atoms with Gasteiger partial charge in [0.05, 0.1) is 23.6 Å². The molecule has 0 aromatic heterocycles. The van der Waals surface area contributed by atoms with E-state index in [-0.39, 0.29) is 17.2 Å². The summed E-state index contributed by atoms with van der Waals surface area (Å²) in [6.45, 7) is 6.74. The molecule has 1 atom stereocenters. The minimum Gasteiger partial charge on any atom is -0.481 e. The van der Waals surface area contributed by atoms with Gasteiger partial charge in [0.15, 0.2) is 5.78 Å². The number of carbonyl (C=O) groups excluding carboxylic acids is 1. The molecule has 2 rings (SSSR count). The number of ketones is 1. The highest BCUT2D eigenvalue weighted by atomic mass is 16.4. The minimum atomic E-state index is -0.810. The molecule has 1 heterocycles. The van der Waals surface area contributed by atoms with Gasteiger partial charge in [-0.05, 0) is 17.5 Å². The first-order chi connectivity index (χ1) is 10.2. The van der Waals surface area contributed by atoms with Gasteiger partial charge in [-0.2, -0.15) is 5.26 Å². The van der Waals surface area contributed by atoms with Crippen molar-refractivity contribution in [2.45, 2.75) is 26.8 Å². The fourth-order valence-electron chi connectivity index (χ4n) is 2.85. The van der Waals surface area contributed by atoms with Gasteiger partial charge in [0.25, 0.3) is 0 Å². The van der Waals surface area contributed by atoms with E-state index >= 15 is 0 Å². The molecule has 22 heavy (non-hydrogen) atoms. The van der Waals surface area contributed by atoms with E-state index < -0.39 is 11.9 Å². The number of carboxylic acid groups (broad SMARTS) is 1. The van der Waals surface area contributed by atoms with E-state index in [2.05, 4.69) is 0 Å². The quantitative estimate of drug-likeness (QED) is 0.862. The van der Waals surface area contributed by atoms with Crippen molar-refractivity contribution in [1.82, 2.24) is 4.90 Å². The number of aliphatic carboxylic acids is 1. The number of hydrogen-bond acceptors (Lipinski definition) is 4. The first kappa shape index (κ1) is 16.2. The number of nitriles is 1. The van der Waals surface area contributed by atoms with Crippen molar-refractivity contribution >= 4 is 11.8 Å². The molecule has 1 unspecified atom stereocenters. The Morgan fingerprint density at radius 3 is 2.23 bits per heavy atom. The van der Waals surface area contributed by atoms with Crippen molar-refractivity contribution in [3.8, 4) is 6.07 Å². The van der Waals surface area contributed by atoms with Crippen LogP contribution in [0.25, 0.3) is 0 Å². The van der Waals surface area contributed by atoms with Crippen molar-refractivity contribution in [3.05, 3.63) is 35.4 Å². The largest absolute Gasteiger partial charge is 0.481 e. The fraction of sp³-hybridized carbons (Fsp3) is 0.471. The predicted molar refractivity (Wildman–Crippen MR) is 81.4 cm³/mol. The van der Waals surface area contributed by atoms with Gasteiger partial charge in [-0.15, -0.1) is 0 Å². The van der Waals surface area contributed by atoms with Crippen molar-refractivity contribution < 1.29 is 14.7 Å². The number of nitrogens with zero attached hydrogens (tertiary/aromatic N) is 2. The van der Waals surface area contributed by atoms with E-state index in [0.29, 0.717) is 24.2 Å². The third-order valence-electron chi connectivity index (χ3n) is 3.99. The molecular weight excluding hydrogens is 280 g/mol. The molecule has 5 nitrogen and oxygen atoms in total. The summed E-state index contributed by atoms with van der Waals surface area (Å²) in [5.74, 6) is -1.23. The van der Waals surface area contributed by atoms with Crippen LogP contribution in [0.1, 0.15) is 36.7 Å². The molecule has 1 saturated heterocycles. The Balaban J connectivity index is 2.21. The van der Waals surface area contributed by atoms with Crippen molar-refractivity contribution in [2.24, 2.45) is 11.3 Å². The van der Waals surface area contributed by atoms with Gasteiger partial charge in [0.2, 0.25) is 0 Å². The summed E-state index contributed by atoms with van der Waals surface area (Å²) < 4.78 is 0. The maximum Gasteiger partial charge on any atom is 0.309 e. The summed E-state index contributed by atoms with van der Waals surface area (Å²) >= 11 is 0. The van der Waals surface area contributed by atoms with Gasteiger partial charge in [0.1, 0.15) is 0 Å². The molecule has 0 spiro atoms. The molecule has 5 heteroatoms. The summed E-state index contributed by atoms with van der Waals surface area (Å²) in [6.07, 6.45) is 0. The molecule has 1 aliphatic rings. The van der Waals surface area contributed by atoms with Crippen LogP contribution >= 0.6 is 0 Å². The first-order valence-electron chi connectivity index (χ1n) is 7.25. The highest BCUT2D eigenvalue weighted by Gasteiger charge is 2.44. The average Bonchev–Trinajstić information content (AvgIpc) is 2.39. The second-order valence-corrected chi connectivity index (χ2v) is 6.81. The maximum absolute atomic E-state index is 12.8. The molecule has 1 aromatic carbocycles. The van der Waals surface area contributed by atoms with E-state index in [0.717, 1.165) is 0 Å². The average molecular weight is 300 g/mol. The lowest BCUT2D eigenvalue weighted by Crippen LogP contribution is -2.60. The summed E-state index contributed by atoms with van der Waals surface area (Å²) in [5, 5.41) is 17.8. The Morgan fingerprint density at radius 1 is 1.27 bits per heavy atom. The maximum atomic E-state index is 12.8. The zero-order chi connectivity index (χ0) is 16.5. The van der Waals surface area contributed by atoms with Crippen LogP contribution in [0.3, 0.4) is 0 Å². The number of carboxylic acids is 1. The van der Waals surface area contributed by atoms with Crippen LogP contribution in [-0.2, 0) is 4.79 Å². The number of Topliss-reactive ketones (excluding diaryl/α,β-unsaturated/α-hetero) is 1. The molecule has 0 saturated carbocycles. The Bertz CT molecular complexity index is 617. The Labute approximate surface area is 130 Å². The highest BCUT2D eigenvalue weighted by Crippen LogP contribution is 2.32. The minimum absolute atomic E-state index is 0.0270. The number of rotatable bonds is 4. The third kappa shape index (κ3) is 3.18. The molecule has 1 aromatic rings. The summed E-state index contributed by atoms with van der Waals surface area (Å²) in [5.41, 5.74) is 0.769. The van der Waals surface area contributed by atoms with Crippen molar-refractivity contribution in [3.63, 3.8) is 0 Å². The van der Waals surface area contributed by atoms with Crippen LogP contribution in [0.5, 0.6) is 0 Å². The van der Waals surface area contributed by atoms with E-state index in [1.807, 2.05) is 31.7 Å². The van der Waals surface area contributed by atoms with Gasteiger partial charge in [-0.3, -0.25) is 14.5 Å². The van der Waals surface area contributed by atoms with Gasteiger partial charge in [-0.25, -0.2) is 0 Å². The zero-order valence-corrected chi connectivity index (χ0v) is 13.0. The second kappa shape index (κ2) is 5.90. The third-order valence-corrected chi connectivity index (χ3v) is 3.99. The topological polar surface area (TPSA) is 81.4 Å². The first-order valence-corrected chi connectivity index (χ1v) is 7.25. The fourth-order valence-corrected chi connectivity index (χ4v) is 2.85. The lowest BCUT2D eigenvalue weighted by Gasteiger charge is -2.46. The van der Waals surface area contributed by atoms with Gasteiger partial charge < -0.3 is 5.11 Å². The van der Waals surface area contributed by atoms with Crippen LogP contribution < -0.4 is 0 Å². The lowest BCUT2D eigenvalue weighted by molar-refractivity contribution is -0.149. The summed E-state index contributed by atoms with van der Waals surface area (Å²) in [4.78, 5) is 25.7. The Morgan fingerprint density at radius 2 is 1.82 bits per heavy atom. The van der Waals surface area contributed by atoms with Crippen LogP contribution in [0, 0.1) is 22.7 Å². The zero-order valence-electron chi connectivity index (χ0n) is 13.0. The summed E-state index contributed by atoms with van der Waals surface area (Å²) in [7, 11) is 0. The van der Waals surface area contributed by atoms with Crippen molar-refractivity contribution in [2.75, 3.05) is 13.1 Å². The predicted octanol–water partition coefficient (Wildman–Crippen LogP) is 2.17.